The fourth-order valence-electron chi connectivity index (χ4n) is 8.60. The molecule has 11 rings (SSSR count). The van der Waals surface area contributed by atoms with Crippen LogP contribution in [0.1, 0.15) is 11.1 Å². The van der Waals surface area contributed by atoms with Crippen LogP contribution in [0.3, 0.4) is 0 Å². The van der Waals surface area contributed by atoms with Crippen LogP contribution in [-0.4, -0.2) is 9.13 Å². The molecule has 0 atom stereocenters. The maximum Gasteiger partial charge on any atom is 0.145 e. The molecule has 56 heavy (non-hydrogen) atoms. The molecule has 0 bridgehead atoms. The molecule has 11 aromatic rings. The van der Waals surface area contributed by atoms with Gasteiger partial charge in [-0.05, 0) is 84.9 Å². The van der Waals surface area contributed by atoms with Crippen molar-refractivity contribution in [3.05, 3.63) is 187 Å². The molecular formula is C50H29N5O. The van der Waals surface area contributed by atoms with Gasteiger partial charge in [0.15, 0.2) is 0 Å². The first-order chi connectivity index (χ1) is 27.7. The third kappa shape index (κ3) is 4.54. The highest BCUT2D eigenvalue weighted by atomic mass is 16.3. The molecule has 260 valence electrons. The number of hydrogen-bond acceptors (Lipinski definition) is 4. The fraction of sp³-hybridized carbons (Fsp3) is 0. The first kappa shape index (κ1) is 31.5. The summed E-state index contributed by atoms with van der Waals surface area (Å²) < 4.78 is 11.0. The van der Waals surface area contributed by atoms with Crippen LogP contribution in [0.5, 0.6) is 0 Å². The second-order valence-corrected chi connectivity index (χ2v) is 14.0. The Balaban J connectivity index is 1.27. The summed E-state index contributed by atoms with van der Waals surface area (Å²) in [5, 5.41) is 27.9. The molecule has 0 aliphatic carbocycles. The van der Waals surface area contributed by atoms with E-state index in [2.05, 4.69) is 111 Å². The summed E-state index contributed by atoms with van der Waals surface area (Å²) >= 11 is 0. The third-order valence-corrected chi connectivity index (χ3v) is 10.9. The minimum Gasteiger partial charge on any atom is -0.455 e. The van der Waals surface area contributed by atoms with Crippen LogP contribution in [-0.2, 0) is 0 Å². The predicted molar refractivity (Wildman–Crippen MR) is 227 cm³/mol. The predicted octanol–water partition coefficient (Wildman–Crippen LogP) is 13.0. The van der Waals surface area contributed by atoms with E-state index in [1.807, 2.05) is 91.0 Å². The largest absolute Gasteiger partial charge is 0.455 e. The van der Waals surface area contributed by atoms with Crippen molar-refractivity contribution in [2.75, 3.05) is 4.90 Å². The Hall–Kier alpha value is -8.06. The molecule has 0 radical (unpaired) electrons. The topological polar surface area (TPSA) is 73.8 Å². The summed E-state index contributed by atoms with van der Waals surface area (Å²) in [6.07, 6.45) is 0. The maximum atomic E-state index is 11.2. The fourth-order valence-corrected chi connectivity index (χ4v) is 8.60. The number of aromatic nitrogens is 2. The van der Waals surface area contributed by atoms with Crippen LogP contribution in [0.2, 0.25) is 0 Å². The summed E-state index contributed by atoms with van der Waals surface area (Å²) in [5.41, 5.74) is 10.5. The van der Waals surface area contributed by atoms with Gasteiger partial charge in [0.1, 0.15) is 22.8 Å². The molecular weight excluding hydrogens is 687 g/mol. The van der Waals surface area contributed by atoms with Gasteiger partial charge in [0.2, 0.25) is 0 Å². The summed E-state index contributed by atoms with van der Waals surface area (Å²) in [6, 6.07) is 64.6. The number of rotatable bonds is 5. The average molecular weight is 716 g/mol. The van der Waals surface area contributed by atoms with Crippen LogP contribution < -0.4 is 4.90 Å². The Morgan fingerprint density at radius 1 is 0.429 bits per heavy atom. The van der Waals surface area contributed by atoms with Crippen molar-refractivity contribution in [3.8, 4) is 23.5 Å². The van der Waals surface area contributed by atoms with Gasteiger partial charge < -0.3 is 18.5 Å². The van der Waals surface area contributed by atoms with Crippen molar-refractivity contribution in [1.82, 2.24) is 9.13 Å². The van der Waals surface area contributed by atoms with E-state index in [4.69, 9.17) is 4.42 Å². The molecule has 0 unspecified atom stereocenters. The lowest BCUT2D eigenvalue weighted by atomic mass is 10.1. The SMILES string of the molecule is N#Cc1cc(-n2c3ccccc3c3ccccc32)c(C#N)c(-n2c3ccc(N(c4ccccc4)c4ccccc4)cc3c3c4oc5ccccc5c4ccc32)c1. The van der Waals surface area contributed by atoms with Crippen LogP contribution in [0.4, 0.5) is 17.1 Å². The molecule has 0 N–H and O–H groups in total. The van der Waals surface area contributed by atoms with E-state index < -0.39 is 0 Å². The summed E-state index contributed by atoms with van der Waals surface area (Å²) in [7, 11) is 0. The molecule has 0 fully saturated rings. The molecule has 0 amide bonds. The zero-order chi connectivity index (χ0) is 37.3. The number of hydrogen-bond donors (Lipinski definition) is 0. The van der Waals surface area contributed by atoms with Gasteiger partial charge in [0, 0.05) is 44.0 Å². The van der Waals surface area contributed by atoms with Crippen molar-refractivity contribution in [3.63, 3.8) is 0 Å². The summed E-state index contributed by atoms with van der Waals surface area (Å²) in [5.74, 6) is 0. The normalized spacial score (nSPS) is 11.5. The summed E-state index contributed by atoms with van der Waals surface area (Å²) in [4.78, 5) is 2.25. The van der Waals surface area contributed by atoms with E-state index in [1.54, 1.807) is 0 Å². The van der Waals surface area contributed by atoms with Crippen molar-refractivity contribution < 1.29 is 4.42 Å². The van der Waals surface area contributed by atoms with E-state index in [-0.39, 0.29) is 0 Å². The Morgan fingerprint density at radius 3 is 1.59 bits per heavy atom. The zero-order valence-electron chi connectivity index (χ0n) is 29.9. The number of furan rings is 1. The van der Waals surface area contributed by atoms with Crippen molar-refractivity contribution in [2.24, 2.45) is 0 Å². The van der Waals surface area contributed by atoms with E-state index in [0.717, 1.165) is 82.6 Å². The standard InChI is InChI=1S/C50H29N5O/c51-30-32-27-46(54-42-20-10-7-17-36(42)37-18-8-11-21-43(37)54)41(31-52)47(28-32)55-44-25-23-35(53(33-13-3-1-4-14-33)34-15-5-2-6-16-34)29-40(44)49-45(55)26-24-39-38-19-9-12-22-48(38)56-50(39)49/h1-29H. The second kappa shape index (κ2) is 12.2. The van der Waals surface area contributed by atoms with Crippen molar-refractivity contribution in [1.29, 1.82) is 10.5 Å². The molecule has 3 heterocycles. The van der Waals surface area contributed by atoms with Gasteiger partial charge in [-0.15, -0.1) is 0 Å². The molecule has 0 saturated carbocycles. The van der Waals surface area contributed by atoms with Crippen molar-refractivity contribution in [2.45, 2.75) is 0 Å². The molecule has 8 aromatic carbocycles. The number of anilines is 3. The Morgan fingerprint density at radius 2 is 0.964 bits per heavy atom. The molecule has 0 saturated heterocycles. The van der Waals surface area contributed by atoms with Gasteiger partial charge in [-0.1, -0.05) is 91.0 Å². The number of fused-ring (bicyclic) bond motifs is 10. The first-order valence-corrected chi connectivity index (χ1v) is 18.5. The number of benzene rings is 8. The van der Waals surface area contributed by atoms with Crippen LogP contribution in [0, 0.1) is 22.7 Å². The quantitative estimate of drug-likeness (QED) is 0.178. The number of nitrogens with zero attached hydrogens (tertiary/aromatic N) is 5. The molecule has 6 heteroatoms. The number of nitriles is 2. The zero-order valence-corrected chi connectivity index (χ0v) is 29.9. The Bertz CT molecular complexity index is 3360. The highest BCUT2D eigenvalue weighted by molar-refractivity contribution is 6.24. The van der Waals surface area contributed by atoms with Gasteiger partial charge in [-0.2, -0.15) is 10.5 Å². The Kier molecular flexibility index (Phi) is 6.88. The second-order valence-electron chi connectivity index (χ2n) is 14.0. The smallest absolute Gasteiger partial charge is 0.145 e. The highest BCUT2D eigenvalue weighted by Gasteiger charge is 2.25. The van der Waals surface area contributed by atoms with Crippen molar-refractivity contribution >= 4 is 82.6 Å². The van der Waals surface area contributed by atoms with E-state index in [0.29, 0.717) is 22.5 Å². The van der Waals surface area contributed by atoms with Gasteiger partial charge in [0.25, 0.3) is 0 Å². The molecule has 3 aromatic heterocycles. The molecule has 0 aliphatic heterocycles. The van der Waals surface area contributed by atoms with Gasteiger partial charge >= 0.3 is 0 Å². The summed E-state index contributed by atoms with van der Waals surface area (Å²) in [6.45, 7) is 0. The third-order valence-electron chi connectivity index (χ3n) is 10.9. The number of para-hydroxylation sites is 5. The maximum absolute atomic E-state index is 11.2. The monoisotopic (exact) mass is 715 g/mol. The Labute approximate surface area is 321 Å². The molecule has 6 nitrogen and oxygen atoms in total. The minimum absolute atomic E-state index is 0.451. The first-order valence-electron chi connectivity index (χ1n) is 18.5. The van der Waals surface area contributed by atoms with E-state index in [1.165, 1.54) is 0 Å². The lowest BCUT2D eigenvalue weighted by Gasteiger charge is -2.25. The lowest BCUT2D eigenvalue weighted by Crippen LogP contribution is -2.09. The van der Waals surface area contributed by atoms with Gasteiger partial charge in [-0.25, -0.2) is 0 Å². The average Bonchev–Trinajstić information content (AvgIpc) is 3.91. The molecule has 0 spiro atoms. The van der Waals surface area contributed by atoms with Gasteiger partial charge in [-0.3, -0.25) is 0 Å². The van der Waals surface area contributed by atoms with E-state index >= 15 is 0 Å². The van der Waals surface area contributed by atoms with E-state index in [9.17, 15) is 10.5 Å². The minimum atomic E-state index is 0.451. The lowest BCUT2D eigenvalue weighted by molar-refractivity contribution is 0.673. The van der Waals surface area contributed by atoms with Crippen LogP contribution in [0.25, 0.3) is 76.9 Å². The van der Waals surface area contributed by atoms with Crippen LogP contribution >= 0.6 is 0 Å². The van der Waals surface area contributed by atoms with Gasteiger partial charge in [0.05, 0.1) is 50.5 Å². The molecule has 0 aliphatic rings. The highest BCUT2D eigenvalue weighted by Crippen LogP contribution is 2.45. The van der Waals surface area contributed by atoms with Crippen LogP contribution in [0.15, 0.2) is 180 Å².